The van der Waals surface area contributed by atoms with Gasteiger partial charge in [0.2, 0.25) is 0 Å². The van der Waals surface area contributed by atoms with Gasteiger partial charge in [0.05, 0.1) is 0 Å². The first-order valence-electron chi connectivity index (χ1n) is 10.3. The number of hydrogen-bond donors (Lipinski definition) is 0. The van der Waals surface area contributed by atoms with Crippen molar-refractivity contribution in [3.8, 4) is 0 Å². The molecule has 0 N–H and O–H groups in total. The molecule has 0 aliphatic heterocycles. The molecule has 0 aromatic carbocycles. The highest BCUT2D eigenvalue weighted by atomic mass is 28.5. The number of hydrogen-bond acceptors (Lipinski definition) is 7. The van der Waals surface area contributed by atoms with Crippen LogP contribution in [0, 0.1) is 0 Å². The third-order valence-electron chi connectivity index (χ3n) is 3.21. The van der Waals surface area contributed by atoms with E-state index in [1.807, 2.05) is 52.4 Å². The summed E-state index contributed by atoms with van der Waals surface area (Å²) in [6, 6.07) is 0. The maximum atomic E-state index is 11.9. The van der Waals surface area contributed by atoms with Gasteiger partial charge in [-0.2, -0.15) is 0 Å². The fourth-order valence-corrected chi connectivity index (χ4v) is 31.3. The molecule has 13 heteroatoms. The van der Waals surface area contributed by atoms with Gasteiger partial charge >= 0.3 is 48.8 Å². The molecule has 0 spiro atoms. The lowest BCUT2D eigenvalue weighted by atomic mass is 10.4. The van der Waals surface area contributed by atoms with Gasteiger partial charge in [-0.15, -0.1) is 0 Å². The lowest BCUT2D eigenvalue weighted by molar-refractivity contribution is -0.131. The molecule has 0 rings (SSSR count). The summed E-state index contributed by atoms with van der Waals surface area (Å²) in [5.41, 5.74) is 0.356. The van der Waals surface area contributed by atoms with Gasteiger partial charge in [0.25, 0.3) is 0 Å². The van der Waals surface area contributed by atoms with Crippen molar-refractivity contribution < 1.29 is 29.8 Å². The third kappa shape index (κ3) is 13.7. The highest BCUT2D eigenvalue weighted by Gasteiger charge is 2.47. The Labute approximate surface area is 190 Å². The lowest BCUT2D eigenvalue weighted by Crippen LogP contribution is -2.60. The molecular formula is C17H44O7Si6. The van der Waals surface area contributed by atoms with E-state index >= 15 is 0 Å². The smallest absolute Gasteiger partial charge is 0.386 e. The van der Waals surface area contributed by atoms with Crippen molar-refractivity contribution in [1.82, 2.24) is 0 Å². The van der Waals surface area contributed by atoms with Crippen molar-refractivity contribution >= 4 is 57.1 Å². The van der Waals surface area contributed by atoms with E-state index in [0.717, 1.165) is 0 Å². The van der Waals surface area contributed by atoms with E-state index in [0.29, 0.717) is 5.57 Å². The second-order valence-electron chi connectivity index (χ2n) is 10.8. The van der Waals surface area contributed by atoms with Crippen LogP contribution in [-0.4, -0.2) is 57.1 Å². The molecular weight excluding hydrogens is 485 g/mol. The summed E-state index contributed by atoms with van der Waals surface area (Å²) in [5.74, 6) is -0.430. The molecule has 0 atom stereocenters. The summed E-state index contributed by atoms with van der Waals surface area (Å²) >= 11 is 0. The Bertz CT molecular complexity index is 627. The maximum Gasteiger partial charge on any atom is 0.386 e. The van der Waals surface area contributed by atoms with E-state index < -0.39 is 57.1 Å². The molecule has 0 heterocycles. The van der Waals surface area contributed by atoms with Crippen molar-refractivity contribution in [3.05, 3.63) is 12.2 Å². The Morgan fingerprint density at radius 2 is 0.800 bits per heavy atom. The summed E-state index contributed by atoms with van der Waals surface area (Å²) in [5, 5.41) is 0. The van der Waals surface area contributed by atoms with Crippen LogP contribution in [0.2, 0.25) is 85.1 Å². The van der Waals surface area contributed by atoms with Crippen molar-refractivity contribution in [2.45, 2.75) is 92.0 Å². The summed E-state index contributed by atoms with van der Waals surface area (Å²) in [6.07, 6.45) is 0. The van der Waals surface area contributed by atoms with Crippen LogP contribution < -0.4 is 0 Å². The van der Waals surface area contributed by atoms with Gasteiger partial charge < -0.3 is 25.0 Å². The van der Waals surface area contributed by atoms with Gasteiger partial charge in [-0.1, -0.05) is 6.58 Å². The normalized spacial score (nSPS) is 14.6. The number of carbonyl (C=O) groups is 1. The summed E-state index contributed by atoms with van der Waals surface area (Å²) in [4.78, 5) is 11.9. The van der Waals surface area contributed by atoms with Crippen LogP contribution in [0.5, 0.6) is 0 Å². The molecule has 0 unspecified atom stereocenters. The predicted molar refractivity (Wildman–Crippen MR) is 137 cm³/mol. The molecule has 0 fully saturated rings. The van der Waals surface area contributed by atoms with E-state index in [1.165, 1.54) is 0 Å². The first-order chi connectivity index (χ1) is 12.9. The first kappa shape index (κ1) is 30.3. The fourth-order valence-electron chi connectivity index (χ4n) is 3.52. The molecule has 178 valence electrons. The zero-order valence-electron chi connectivity index (χ0n) is 21.6. The minimum Gasteiger partial charge on any atom is -0.492 e. The van der Waals surface area contributed by atoms with Crippen LogP contribution in [0.25, 0.3) is 0 Å². The van der Waals surface area contributed by atoms with Crippen LogP contribution in [0.3, 0.4) is 0 Å². The maximum absolute atomic E-state index is 11.9. The Morgan fingerprint density at radius 3 is 1.07 bits per heavy atom. The average Bonchev–Trinajstić information content (AvgIpc) is 2.26. The molecule has 30 heavy (non-hydrogen) atoms. The van der Waals surface area contributed by atoms with Crippen LogP contribution in [0.15, 0.2) is 12.2 Å². The van der Waals surface area contributed by atoms with E-state index in [1.54, 1.807) is 6.92 Å². The molecule has 0 saturated heterocycles. The Balaban J connectivity index is 5.18. The summed E-state index contributed by atoms with van der Waals surface area (Å²) < 4.78 is 37.5. The zero-order valence-corrected chi connectivity index (χ0v) is 27.6. The monoisotopic (exact) mass is 528 g/mol. The Hall–Kier alpha value is 0.311. The molecule has 0 saturated carbocycles. The van der Waals surface area contributed by atoms with Crippen LogP contribution in [0.1, 0.15) is 6.92 Å². The molecule has 0 aliphatic carbocycles. The van der Waals surface area contributed by atoms with Crippen molar-refractivity contribution in [2.24, 2.45) is 0 Å². The van der Waals surface area contributed by atoms with Crippen molar-refractivity contribution in [2.75, 3.05) is 0 Å². The average molecular weight is 529 g/mol. The van der Waals surface area contributed by atoms with Crippen LogP contribution >= 0.6 is 0 Å². The highest BCUT2D eigenvalue weighted by Crippen LogP contribution is 2.27. The van der Waals surface area contributed by atoms with E-state index in [9.17, 15) is 4.79 Å². The summed E-state index contributed by atoms with van der Waals surface area (Å²) in [6.45, 7) is 31.6. The minimum atomic E-state index is -2.72. The van der Waals surface area contributed by atoms with Crippen molar-refractivity contribution in [3.63, 3.8) is 0 Å². The topological polar surface area (TPSA) is 72.5 Å². The van der Waals surface area contributed by atoms with Crippen LogP contribution in [0.4, 0.5) is 0 Å². The Kier molecular flexibility index (Phi) is 10.2. The quantitative estimate of drug-likeness (QED) is 0.243. The molecule has 7 nitrogen and oxygen atoms in total. The van der Waals surface area contributed by atoms with E-state index in [-0.39, 0.29) is 0 Å². The molecule has 0 amide bonds. The van der Waals surface area contributed by atoms with Crippen molar-refractivity contribution in [1.29, 1.82) is 0 Å². The fraction of sp³-hybridized carbons (Fsp3) is 0.824. The largest absolute Gasteiger partial charge is 0.492 e. The second-order valence-corrected chi connectivity index (χ2v) is 33.3. The second kappa shape index (κ2) is 10.1. The van der Waals surface area contributed by atoms with Gasteiger partial charge in [0, 0.05) is 5.57 Å². The number of rotatable bonds is 12. The van der Waals surface area contributed by atoms with Gasteiger partial charge in [-0.3, -0.25) is 0 Å². The highest BCUT2D eigenvalue weighted by molar-refractivity contribution is 6.90. The first-order valence-corrected chi connectivity index (χ1v) is 27.7. The molecule has 0 radical (unpaired) electrons. The van der Waals surface area contributed by atoms with Crippen LogP contribution in [-0.2, 0) is 29.8 Å². The predicted octanol–water partition coefficient (Wildman–Crippen LogP) is 5.53. The Morgan fingerprint density at radius 1 is 0.533 bits per heavy atom. The molecule has 0 aromatic rings. The SMILES string of the molecule is C=C(C)C(=O)O[Si](C)(C)O[Si](C)(C)O[Si](C)(C)O[Si](C)(C)O[Si](C)(C)O[Si](C)(C)C. The molecule has 0 aromatic heterocycles. The molecule has 0 aliphatic rings. The standard InChI is InChI=1S/C17H44O7Si6/c1-16(2)17(18)19-26(6,7)21-28(10,11)23-30(14,15)24-29(12,13)22-27(8,9)20-25(3,4)5/h1H2,2-15H3. The third-order valence-corrected chi connectivity index (χ3v) is 24.0. The van der Waals surface area contributed by atoms with E-state index in [4.69, 9.17) is 25.0 Å². The lowest BCUT2D eigenvalue weighted by Gasteiger charge is -2.42. The molecule has 0 bridgehead atoms. The van der Waals surface area contributed by atoms with Gasteiger partial charge in [-0.25, -0.2) is 4.79 Å². The van der Waals surface area contributed by atoms with E-state index in [2.05, 4.69) is 39.3 Å². The van der Waals surface area contributed by atoms with Gasteiger partial charge in [0.1, 0.15) is 0 Å². The zero-order chi connectivity index (χ0) is 24.4. The summed E-state index contributed by atoms with van der Waals surface area (Å²) in [7, 11) is -14.4. The minimum absolute atomic E-state index is 0.356. The van der Waals surface area contributed by atoms with Gasteiger partial charge in [0.15, 0.2) is 8.32 Å². The number of carbonyl (C=O) groups excluding carboxylic acids is 1. The van der Waals surface area contributed by atoms with Gasteiger partial charge in [-0.05, 0) is 92.0 Å².